The second-order valence-corrected chi connectivity index (χ2v) is 5.96. The number of benzene rings is 1. The average Bonchev–Trinajstić information content (AvgIpc) is 2.54. The highest BCUT2D eigenvalue weighted by Crippen LogP contribution is 2.30. The molecule has 106 valence electrons. The quantitative estimate of drug-likeness (QED) is 0.758. The third kappa shape index (κ3) is 2.62. The lowest BCUT2D eigenvalue weighted by Crippen LogP contribution is -2.34. The first-order valence-electron chi connectivity index (χ1n) is 7.47. The molecular weight excluding hydrogens is 268 g/mol. The molecule has 1 aliphatic carbocycles. The number of hydrogen-bond donors (Lipinski definition) is 0. The number of pyridine rings is 1. The van der Waals surface area contributed by atoms with Crippen LogP contribution in [0.25, 0.3) is 10.8 Å². The Morgan fingerprint density at radius 3 is 2.70 bits per heavy atom. The minimum Gasteiger partial charge on any atom is -0.356 e. The first kappa shape index (κ1) is 13.7. The summed E-state index contributed by atoms with van der Waals surface area (Å²) in [4.78, 5) is 7.16. The van der Waals surface area contributed by atoms with Crippen molar-refractivity contribution in [3.8, 4) is 0 Å². The van der Waals surface area contributed by atoms with Gasteiger partial charge in [0.2, 0.25) is 0 Å². The topological polar surface area (TPSA) is 16.1 Å². The van der Waals surface area contributed by atoms with Gasteiger partial charge < -0.3 is 4.90 Å². The maximum Gasteiger partial charge on any atom is 0.136 e. The van der Waals surface area contributed by atoms with Crippen molar-refractivity contribution >= 4 is 28.2 Å². The number of fused-ring (bicyclic) bond motifs is 1. The lowest BCUT2D eigenvalue weighted by atomic mass is 9.94. The first-order chi connectivity index (χ1) is 9.79. The minimum absolute atomic E-state index is 0.469. The molecule has 2 nitrogen and oxygen atoms in total. The highest BCUT2D eigenvalue weighted by molar-refractivity contribution is 6.17. The van der Waals surface area contributed by atoms with E-state index < -0.39 is 0 Å². The van der Waals surface area contributed by atoms with Crippen molar-refractivity contribution in [1.29, 1.82) is 0 Å². The summed E-state index contributed by atoms with van der Waals surface area (Å²) in [5.74, 6) is 1.56. The lowest BCUT2D eigenvalue weighted by molar-refractivity contribution is 0.426. The summed E-state index contributed by atoms with van der Waals surface area (Å²) < 4.78 is 0. The average molecular weight is 289 g/mol. The molecule has 1 fully saturated rings. The summed E-state index contributed by atoms with van der Waals surface area (Å²) in [5.41, 5.74) is 0.961. The summed E-state index contributed by atoms with van der Waals surface area (Å²) in [6, 6.07) is 11.2. The van der Waals surface area contributed by atoms with Crippen LogP contribution >= 0.6 is 11.6 Å². The molecule has 0 atom stereocenters. The maximum absolute atomic E-state index is 6.01. The Bertz CT molecular complexity index is 591. The van der Waals surface area contributed by atoms with Gasteiger partial charge in [-0.2, -0.15) is 0 Å². The van der Waals surface area contributed by atoms with Crippen molar-refractivity contribution in [3.63, 3.8) is 0 Å². The Hall–Kier alpha value is -1.28. The van der Waals surface area contributed by atoms with Gasteiger partial charge in [-0.15, -0.1) is 11.6 Å². The number of hydrogen-bond acceptors (Lipinski definition) is 2. The van der Waals surface area contributed by atoms with E-state index in [2.05, 4.69) is 42.3 Å². The summed E-state index contributed by atoms with van der Waals surface area (Å²) in [6.45, 7) is 0. The van der Waals surface area contributed by atoms with Gasteiger partial charge >= 0.3 is 0 Å². The minimum atomic E-state index is 0.469. The Kier molecular flexibility index (Phi) is 4.11. The number of aromatic nitrogens is 1. The molecule has 0 amide bonds. The highest BCUT2D eigenvalue weighted by Gasteiger charge is 2.21. The van der Waals surface area contributed by atoms with Crippen LogP contribution in [0.15, 0.2) is 30.3 Å². The monoisotopic (exact) mass is 288 g/mol. The van der Waals surface area contributed by atoms with Crippen LogP contribution in [0.1, 0.15) is 37.8 Å². The number of rotatable bonds is 3. The van der Waals surface area contributed by atoms with Crippen molar-refractivity contribution in [2.75, 3.05) is 11.9 Å². The van der Waals surface area contributed by atoms with E-state index in [0.717, 1.165) is 11.5 Å². The van der Waals surface area contributed by atoms with E-state index in [1.165, 1.54) is 42.9 Å². The van der Waals surface area contributed by atoms with Crippen molar-refractivity contribution in [3.05, 3.63) is 36.0 Å². The van der Waals surface area contributed by atoms with Crippen LogP contribution in [0.3, 0.4) is 0 Å². The Morgan fingerprint density at radius 1 is 1.20 bits per heavy atom. The zero-order valence-corrected chi connectivity index (χ0v) is 12.7. The number of anilines is 1. The normalized spacial score (nSPS) is 16.5. The number of nitrogens with zero attached hydrogens (tertiary/aromatic N) is 2. The zero-order valence-electron chi connectivity index (χ0n) is 12.0. The van der Waals surface area contributed by atoms with E-state index in [9.17, 15) is 0 Å². The first-order valence-corrected chi connectivity index (χ1v) is 8.00. The van der Waals surface area contributed by atoms with Crippen LogP contribution in [-0.4, -0.2) is 18.1 Å². The molecule has 0 spiro atoms. The van der Waals surface area contributed by atoms with Crippen LogP contribution in [0.4, 0.5) is 5.82 Å². The fourth-order valence-electron chi connectivity index (χ4n) is 3.21. The molecule has 20 heavy (non-hydrogen) atoms. The van der Waals surface area contributed by atoms with Gasteiger partial charge in [0.1, 0.15) is 5.82 Å². The molecule has 2 aromatic rings. The fraction of sp³-hybridized carbons (Fsp3) is 0.471. The SMILES string of the molecule is CN(c1nc(CCl)cc2ccccc12)C1CCCCC1. The number of halogens is 1. The van der Waals surface area contributed by atoms with Crippen molar-refractivity contribution in [1.82, 2.24) is 4.98 Å². The van der Waals surface area contributed by atoms with Gasteiger partial charge in [0.15, 0.2) is 0 Å². The van der Waals surface area contributed by atoms with Crippen molar-refractivity contribution in [2.24, 2.45) is 0 Å². The standard InChI is InChI=1S/C17H21ClN2/c1-20(15-8-3-2-4-9-15)17-16-10-6-5-7-13(16)11-14(12-18)19-17/h5-7,10-11,15H,2-4,8-9,12H2,1H3. The van der Waals surface area contributed by atoms with Crippen LogP contribution in [0.2, 0.25) is 0 Å². The largest absolute Gasteiger partial charge is 0.356 e. The third-order valence-corrected chi connectivity index (χ3v) is 4.64. The Morgan fingerprint density at radius 2 is 1.95 bits per heavy atom. The summed E-state index contributed by atoms with van der Waals surface area (Å²) in [6.07, 6.45) is 6.60. The highest BCUT2D eigenvalue weighted by atomic mass is 35.5. The van der Waals surface area contributed by atoms with Crippen LogP contribution in [0.5, 0.6) is 0 Å². The lowest BCUT2D eigenvalue weighted by Gasteiger charge is -2.33. The van der Waals surface area contributed by atoms with Gasteiger partial charge in [-0.1, -0.05) is 43.5 Å². The summed E-state index contributed by atoms with van der Waals surface area (Å²) in [7, 11) is 2.18. The molecule has 1 heterocycles. The summed E-state index contributed by atoms with van der Waals surface area (Å²) >= 11 is 6.01. The van der Waals surface area contributed by atoms with Crippen molar-refractivity contribution < 1.29 is 0 Å². The fourth-order valence-corrected chi connectivity index (χ4v) is 3.35. The second kappa shape index (κ2) is 6.01. The van der Waals surface area contributed by atoms with Gasteiger partial charge in [-0.25, -0.2) is 4.98 Å². The molecule has 1 aliphatic rings. The van der Waals surface area contributed by atoms with Gasteiger partial charge in [0, 0.05) is 18.5 Å². The molecule has 0 unspecified atom stereocenters. The molecule has 0 saturated heterocycles. The molecule has 0 bridgehead atoms. The predicted molar refractivity (Wildman–Crippen MR) is 86.6 cm³/mol. The van der Waals surface area contributed by atoms with E-state index in [1.807, 2.05) is 0 Å². The van der Waals surface area contributed by atoms with E-state index >= 15 is 0 Å². The molecule has 0 aliphatic heterocycles. The van der Waals surface area contributed by atoms with E-state index in [0.29, 0.717) is 11.9 Å². The van der Waals surface area contributed by atoms with Crippen LogP contribution in [0, 0.1) is 0 Å². The van der Waals surface area contributed by atoms with Crippen LogP contribution < -0.4 is 4.90 Å². The van der Waals surface area contributed by atoms with E-state index in [-0.39, 0.29) is 0 Å². The predicted octanol–water partition coefficient (Wildman–Crippen LogP) is 4.74. The molecule has 1 saturated carbocycles. The Balaban J connectivity index is 2.04. The summed E-state index contributed by atoms with van der Waals surface area (Å²) in [5, 5.41) is 2.46. The second-order valence-electron chi connectivity index (χ2n) is 5.69. The molecule has 1 aromatic carbocycles. The Labute approximate surface area is 125 Å². The van der Waals surface area contributed by atoms with Gasteiger partial charge in [0.25, 0.3) is 0 Å². The van der Waals surface area contributed by atoms with Gasteiger partial charge in [0.05, 0.1) is 11.6 Å². The molecule has 1 aromatic heterocycles. The third-order valence-electron chi connectivity index (χ3n) is 4.37. The molecule has 0 N–H and O–H groups in total. The van der Waals surface area contributed by atoms with Crippen LogP contribution in [-0.2, 0) is 5.88 Å². The van der Waals surface area contributed by atoms with Gasteiger partial charge in [-0.3, -0.25) is 0 Å². The van der Waals surface area contributed by atoms with E-state index in [1.54, 1.807) is 0 Å². The zero-order chi connectivity index (χ0) is 13.9. The maximum atomic E-state index is 6.01. The van der Waals surface area contributed by atoms with Crippen molar-refractivity contribution in [2.45, 2.75) is 44.0 Å². The van der Waals surface area contributed by atoms with E-state index in [4.69, 9.17) is 16.6 Å². The molecule has 3 rings (SSSR count). The molecule has 3 heteroatoms. The number of alkyl halides is 1. The smallest absolute Gasteiger partial charge is 0.136 e. The molecular formula is C17H21ClN2. The van der Waals surface area contributed by atoms with Gasteiger partial charge in [-0.05, 0) is 24.3 Å². The molecule has 0 radical (unpaired) electrons.